The van der Waals surface area contributed by atoms with Gasteiger partial charge in [0.25, 0.3) is 0 Å². The number of methoxy groups -OCH3 is 1. The molecule has 3 aromatic rings. The second kappa shape index (κ2) is 11.8. The molecule has 0 heterocycles. The maximum absolute atomic E-state index is 11.9. The first-order valence-electron chi connectivity index (χ1n) is 11.6. The van der Waals surface area contributed by atoms with Crippen LogP contribution in [0.5, 0.6) is 0 Å². The molecule has 5 nitrogen and oxygen atoms in total. The number of anilines is 1. The van der Waals surface area contributed by atoms with Gasteiger partial charge in [-0.1, -0.05) is 42.5 Å². The number of nitrogens with zero attached hydrogens (tertiary/aromatic N) is 1. The molecule has 3 rings (SSSR count). The Kier molecular flexibility index (Phi) is 8.87. The largest absolute Gasteiger partial charge is 0.465 e. The zero-order valence-corrected chi connectivity index (χ0v) is 20.3. The minimum atomic E-state index is -0.332. The predicted molar refractivity (Wildman–Crippen MR) is 134 cm³/mol. The molecule has 0 aromatic heterocycles. The Morgan fingerprint density at radius 3 is 2.15 bits per heavy atom. The molecule has 0 saturated carbocycles. The summed E-state index contributed by atoms with van der Waals surface area (Å²) in [6.07, 6.45) is 0.413. The number of esters is 1. The van der Waals surface area contributed by atoms with Crippen LogP contribution in [-0.2, 0) is 14.2 Å². The fourth-order valence-electron chi connectivity index (χ4n) is 4.26. The van der Waals surface area contributed by atoms with Crippen molar-refractivity contribution >= 4 is 22.4 Å². The van der Waals surface area contributed by atoms with Gasteiger partial charge in [-0.15, -0.1) is 0 Å². The third-order valence-corrected chi connectivity index (χ3v) is 6.24. The topological polar surface area (TPSA) is 48.0 Å². The molecule has 33 heavy (non-hydrogen) atoms. The van der Waals surface area contributed by atoms with Crippen LogP contribution in [0.1, 0.15) is 49.0 Å². The second-order valence-corrected chi connectivity index (χ2v) is 8.18. The van der Waals surface area contributed by atoms with E-state index in [9.17, 15) is 4.79 Å². The predicted octanol–water partition coefficient (Wildman–Crippen LogP) is 6.02. The Morgan fingerprint density at radius 1 is 0.909 bits per heavy atom. The van der Waals surface area contributed by atoms with Crippen LogP contribution in [0.4, 0.5) is 5.69 Å². The first-order chi connectivity index (χ1) is 16.0. The van der Waals surface area contributed by atoms with Crippen molar-refractivity contribution in [1.29, 1.82) is 0 Å². The van der Waals surface area contributed by atoms with Gasteiger partial charge in [-0.25, -0.2) is 4.79 Å². The highest BCUT2D eigenvalue weighted by Gasteiger charge is 2.27. The molecule has 0 bridgehead atoms. The lowest BCUT2D eigenvalue weighted by Gasteiger charge is -2.36. The van der Waals surface area contributed by atoms with Gasteiger partial charge in [0.1, 0.15) is 0 Å². The van der Waals surface area contributed by atoms with Gasteiger partial charge in [-0.3, -0.25) is 0 Å². The van der Waals surface area contributed by atoms with E-state index < -0.39 is 0 Å². The molecule has 0 aliphatic rings. The molecule has 0 spiro atoms. The summed E-state index contributed by atoms with van der Waals surface area (Å²) in [5.41, 5.74) is 2.83. The van der Waals surface area contributed by atoms with Crippen LogP contribution in [-0.4, -0.2) is 45.7 Å². The van der Waals surface area contributed by atoms with Crippen LogP contribution in [0.3, 0.4) is 0 Å². The third-order valence-electron chi connectivity index (χ3n) is 6.24. The fraction of sp³-hybridized carbons (Fsp3) is 0.393. The lowest BCUT2D eigenvalue weighted by molar-refractivity contribution is -0.142. The van der Waals surface area contributed by atoms with E-state index in [-0.39, 0.29) is 24.2 Å². The molecule has 3 aromatic carbocycles. The first kappa shape index (κ1) is 24.7. The number of carbonyl (C=O) groups excluding carboxylic acids is 1. The Balaban J connectivity index is 1.92. The molecule has 0 aliphatic heterocycles. The average Bonchev–Trinajstić information content (AvgIpc) is 2.86. The van der Waals surface area contributed by atoms with Crippen molar-refractivity contribution in [2.24, 2.45) is 0 Å². The summed E-state index contributed by atoms with van der Waals surface area (Å²) in [4.78, 5) is 14.2. The molecule has 0 N–H and O–H groups in total. The molecule has 0 radical (unpaired) electrons. The molecule has 2 unspecified atom stereocenters. The van der Waals surface area contributed by atoms with Gasteiger partial charge in [0.15, 0.2) is 6.29 Å². The number of rotatable bonds is 11. The van der Waals surface area contributed by atoms with E-state index in [0.29, 0.717) is 25.2 Å². The van der Waals surface area contributed by atoms with Crippen molar-refractivity contribution in [1.82, 2.24) is 0 Å². The highest BCUT2D eigenvalue weighted by molar-refractivity contribution is 5.89. The molecule has 5 heteroatoms. The van der Waals surface area contributed by atoms with E-state index in [1.807, 2.05) is 38.1 Å². The van der Waals surface area contributed by atoms with E-state index in [1.54, 1.807) is 0 Å². The maximum atomic E-state index is 11.9. The molecular weight excluding hydrogens is 414 g/mol. The minimum Gasteiger partial charge on any atom is -0.465 e. The molecule has 0 saturated heterocycles. The molecule has 0 fully saturated rings. The van der Waals surface area contributed by atoms with Gasteiger partial charge in [0.2, 0.25) is 0 Å². The number of hydrogen-bond acceptors (Lipinski definition) is 5. The highest BCUT2D eigenvalue weighted by atomic mass is 16.7. The summed E-state index contributed by atoms with van der Waals surface area (Å²) < 4.78 is 16.6. The number of benzene rings is 3. The van der Waals surface area contributed by atoms with Gasteiger partial charge in [0.05, 0.1) is 12.7 Å². The lowest BCUT2D eigenvalue weighted by Crippen LogP contribution is -2.37. The van der Waals surface area contributed by atoms with Crippen molar-refractivity contribution in [2.75, 3.05) is 32.3 Å². The Labute approximate surface area is 197 Å². The zero-order chi connectivity index (χ0) is 23.8. The van der Waals surface area contributed by atoms with Crippen LogP contribution in [0.15, 0.2) is 66.7 Å². The van der Waals surface area contributed by atoms with E-state index >= 15 is 0 Å². The monoisotopic (exact) mass is 449 g/mol. The molecule has 0 amide bonds. The SMILES string of the molecule is CCOC(CC(c1ccc(C(=O)OC)cc1)C(C)N(C)c1ccc2ccccc2c1)OCC. The van der Waals surface area contributed by atoms with E-state index in [2.05, 4.69) is 61.3 Å². The number of fused-ring (bicyclic) bond motifs is 1. The molecule has 176 valence electrons. The Bertz CT molecular complexity index is 1030. The normalized spacial score (nSPS) is 13.2. The molecule has 0 aliphatic carbocycles. The van der Waals surface area contributed by atoms with Gasteiger partial charge in [-0.2, -0.15) is 0 Å². The Hall–Kier alpha value is -2.89. The van der Waals surface area contributed by atoms with Crippen molar-refractivity contribution in [3.63, 3.8) is 0 Å². The van der Waals surface area contributed by atoms with E-state index in [1.165, 1.54) is 17.9 Å². The fourth-order valence-corrected chi connectivity index (χ4v) is 4.26. The zero-order valence-electron chi connectivity index (χ0n) is 20.3. The van der Waals surface area contributed by atoms with Crippen LogP contribution in [0, 0.1) is 0 Å². The summed E-state index contributed by atoms with van der Waals surface area (Å²) >= 11 is 0. The van der Waals surface area contributed by atoms with Gasteiger partial charge in [-0.05, 0) is 61.4 Å². The van der Waals surface area contributed by atoms with Crippen LogP contribution >= 0.6 is 0 Å². The summed E-state index contributed by atoms with van der Waals surface area (Å²) in [5, 5.41) is 2.44. The highest BCUT2D eigenvalue weighted by Crippen LogP contribution is 2.33. The quantitative estimate of drug-likeness (QED) is 0.264. The lowest BCUT2D eigenvalue weighted by atomic mass is 9.87. The standard InChI is InChI=1S/C28H35NO4/c1-6-32-27(33-7-2)19-26(22-12-14-23(15-13-22)28(30)31-5)20(3)29(4)25-17-16-21-10-8-9-11-24(21)18-25/h8-18,20,26-27H,6-7,19H2,1-5H3. The van der Waals surface area contributed by atoms with Gasteiger partial charge >= 0.3 is 5.97 Å². The first-order valence-corrected chi connectivity index (χ1v) is 11.6. The molecular formula is C28H35NO4. The number of ether oxygens (including phenoxy) is 3. The Morgan fingerprint density at radius 2 is 1.55 bits per heavy atom. The third kappa shape index (κ3) is 6.12. The van der Waals surface area contributed by atoms with Crippen LogP contribution < -0.4 is 4.90 Å². The van der Waals surface area contributed by atoms with Crippen molar-refractivity contribution in [2.45, 2.75) is 45.4 Å². The summed E-state index contributed by atoms with van der Waals surface area (Å²) in [5.74, 6) is -0.211. The number of carbonyl (C=O) groups is 1. The minimum absolute atomic E-state index is 0.122. The summed E-state index contributed by atoms with van der Waals surface area (Å²) in [6, 6.07) is 22.8. The maximum Gasteiger partial charge on any atom is 0.337 e. The summed E-state index contributed by atoms with van der Waals surface area (Å²) in [7, 11) is 3.52. The van der Waals surface area contributed by atoms with E-state index in [4.69, 9.17) is 14.2 Å². The van der Waals surface area contributed by atoms with Crippen molar-refractivity contribution in [3.05, 3.63) is 77.9 Å². The number of hydrogen-bond donors (Lipinski definition) is 0. The van der Waals surface area contributed by atoms with Gasteiger partial charge < -0.3 is 19.1 Å². The molecule has 2 atom stereocenters. The van der Waals surface area contributed by atoms with E-state index in [0.717, 1.165) is 11.3 Å². The van der Waals surface area contributed by atoms with Crippen LogP contribution in [0.25, 0.3) is 10.8 Å². The van der Waals surface area contributed by atoms with Crippen LogP contribution in [0.2, 0.25) is 0 Å². The van der Waals surface area contributed by atoms with Gasteiger partial charge in [0, 0.05) is 44.3 Å². The van der Waals surface area contributed by atoms with Crippen molar-refractivity contribution < 1.29 is 19.0 Å². The smallest absolute Gasteiger partial charge is 0.337 e. The second-order valence-electron chi connectivity index (χ2n) is 8.18. The summed E-state index contributed by atoms with van der Waals surface area (Å²) in [6.45, 7) is 7.37. The average molecular weight is 450 g/mol. The van der Waals surface area contributed by atoms with Crippen molar-refractivity contribution in [3.8, 4) is 0 Å². The number of likely N-dealkylation sites (N-methyl/N-ethyl adjacent to an activating group) is 1.